The minimum absolute atomic E-state index is 0.583. The summed E-state index contributed by atoms with van der Waals surface area (Å²) in [6.45, 7) is 0. The Bertz CT molecular complexity index is 990. The van der Waals surface area contributed by atoms with Crippen LogP contribution in [0.5, 0.6) is 5.88 Å². The Morgan fingerprint density at radius 2 is 2.00 bits per heavy atom. The lowest BCUT2D eigenvalue weighted by molar-refractivity contribution is 0.398. The van der Waals surface area contributed by atoms with Gasteiger partial charge in [-0.1, -0.05) is 12.1 Å². The van der Waals surface area contributed by atoms with E-state index in [9.17, 15) is 0 Å². The number of para-hydroxylation sites is 2. The summed E-state index contributed by atoms with van der Waals surface area (Å²) in [5.41, 5.74) is 3.77. The lowest BCUT2D eigenvalue weighted by Crippen LogP contribution is -1.94. The first-order valence-corrected chi connectivity index (χ1v) is 8.27. The van der Waals surface area contributed by atoms with E-state index in [0.717, 1.165) is 33.4 Å². The van der Waals surface area contributed by atoms with Gasteiger partial charge >= 0.3 is 0 Å². The van der Waals surface area contributed by atoms with Crippen LogP contribution in [-0.4, -0.2) is 26.6 Å². The molecule has 4 rings (SSSR count). The maximum atomic E-state index is 5.06. The largest absolute Gasteiger partial charge is 0.481 e. The fraction of sp³-hybridized carbons (Fsp3) is 0.118. The molecule has 24 heavy (non-hydrogen) atoms. The number of aryl methyl sites for hydroxylation is 1. The highest BCUT2D eigenvalue weighted by molar-refractivity contribution is 7.14. The highest BCUT2D eigenvalue weighted by Gasteiger charge is 2.13. The molecule has 0 aliphatic rings. The molecule has 3 heterocycles. The molecule has 0 atom stereocenters. The first-order valence-electron chi connectivity index (χ1n) is 7.39. The molecule has 0 spiro atoms. The smallest absolute Gasteiger partial charge is 0.213 e. The summed E-state index contributed by atoms with van der Waals surface area (Å²) < 4.78 is 7.12. The fourth-order valence-corrected chi connectivity index (χ4v) is 3.22. The Labute approximate surface area is 142 Å². The van der Waals surface area contributed by atoms with E-state index in [0.29, 0.717) is 5.88 Å². The minimum Gasteiger partial charge on any atom is -0.481 e. The molecule has 0 saturated heterocycles. The summed E-state index contributed by atoms with van der Waals surface area (Å²) in [4.78, 5) is 13.5. The third-order valence-corrected chi connectivity index (χ3v) is 4.47. The molecular weight excluding hydrogens is 322 g/mol. The van der Waals surface area contributed by atoms with Crippen molar-refractivity contribution in [1.82, 2.24) is 19.5 Å². The van der Waals surface area contributed by atoms with E-state index in [1.54, 1.807) is 13.3 Å². The van der Waals surface area contributed by atoms with Crippen molar-refractivity contribution in [2.75, 3.05) is 12.4 Å². The number of hydrogen-bond acceptors (Lipinski definition) is 6. The zero-order chi connectivity index (χ0) is 16.5. The van der Waals surface area contributed by atoms with E-state index in [2.05, 4.69) is 30.9 Å². The molecular formula is C17H15N5OS. The predicted molar refractivity (Wildman–Crippen MR) is 95.9 cm³/mol. The van der Waals surface area contributed by atoms with Crippen molar-refractivity contribution in [3.8, 4) is 17.4 Å². The van der Waals surface area contributed by atoms with Crippen LogP contribution in [0.3, 0.4) is 0 Å². The van der Waals surface area contributed by atoms with Gasteiger partial charge < -0.3 is 14.6 Å². The van der Waals surface area contributed by atoms with Crippen LogP contribution in [0, 0.1) is 0 Å². The number of rotatable bonds is 4. The Kier molecular flexibility index (Phi) is 3.62. The first kappa shape index (κ1) is 14.6. The second kappa shape index (κ2) is 5.93. The summed E-state index contributed by atoms with van der Waals surface area (Å²) >= 11 is 1.53. The molecule has 6 nitrogen and oxygen atoms in total. The third kappa shape index (κ3) is 2.59. The van der Waals surface area contributed by atoms with Gasteiger partial charge in [0, 0.05) is 18.5 Å². The van der Waals surface area contributed by atoms with Crippen molar-refractivity contribution < 1.29 is 4.74 Å². The summed E-state index contributed by atoms with van der Waals surface area (Å²) in [6.07, 6.45) is 1.72. The summed E-state index contributed by atoms with van der Waals surface area (Å²) in [5.74, 6) is 1.44. The van der Waals surface area contributed by atoms with Gasteiger partial charge in [0.2, 0.25) is 5.88 Å². The average Bonchev–Trinajstić information content (AvgIpc) is 3.21. The van der Waals surface area contributed by atoms with Gasteiger partial charge in [-0.25, -0.2) is 15.0 Å². The van der Waals surface area contributed by atoms with Gasteiger partial charge in [0.1, 0.15) is 5.69 Å². The number of thiazole rings is 1. The highest BCUT2D eigenvalue weighted by atomic mass is 32.1. The Balaban J connectivity index is 1.62. The summed E-state index contributed by atoms with van der Waals surface area (Å²) in [6, 6.07) is 11.8. The number of nitrogens with zero attached hydrogens (tertiary/aromatic N) is 4. The number of pyridine rings is 1. The molecule has 0 aliphatic carbocycles. The first-order chi connectivity index (χ1) is 11.7. The van der Waals surface area contributed by atoms with E-state index < -0.39 is 0 Å². The quantitative estimate of drug-likeness (QED) is 0.613. The van der Waals surface area contributed by atoms with Crippen LogP contribution in [0.25, 0.3) is 22.6 Å². The SMILES string of the molecule is COc1ccc(Nc2nc(-c3nc4ccccc4n3C)cs2)cn1. The Morgan fingerprint density at radius 3 is 2.75 bits per heavy atom. The van der Waals surface area contributed by atoms with Crippen molar-refractivity contribution in [3.05, 3.63) is 48.0 Å². The number of aromatic nitrogens is 4. The molecule has 0 bridgehead atoms. The monoisotopic (exact) mass is 337 g/mol. The van der Waals surface area contributed by atoms with E-state index in [-0.39, 0.29) is 0 Å². The Morgan fingerprint density at radius 1 is 1.12 bits per heavy atom. The number of nitrogens with one attached hydrogen (secondary N) is 1. The van der Waals surface area contributed by atoms with Crippen molar-refractivity contribution in [1.29, 1.82) is 0 Å². The summed E-state index contributed by atoms with van der Waals surface area (Å²) in [5, 5.41) is 6.05. The number of imidazole rings is 1. The summed E-state index contributed by atoms with van der Waals surface area (Å²) in [7, 11) is 3.60. The molecule has 1 N–H and O–H groups in total. The molecule has 0 amide bonds. The van der Waals surface area contributed by atoms with Crippen LogP contribution >= 0.6 is 11.3 Å². The molecule has 0 aliphatic heterocycles. The standard InChI is InChI=1S/C17H15N5OS/c1-22-14-6-4-3-5-12(14)20-16(22)13-10-24-17(21-13)19-11-7-8-15(23-2)18-9-11/h3-10H,1-2H3,(H,19,21). The molecule has 0 radical (unpaired) electrons. The van der Waals surface area contributed by atoms with Crippen LogP contribution in [0.2, 0.25) is 0 Å². The zero-order valence-corrected chi connectivity index (χ0v) is 14.0. The number of fused-ring (bicyclic) bond motifs is 1. The highest BCUT2D eigenvalue weighted by Crippen LogP contribution is 2.28. The number of anilines is 2. The number of methoxy groups -OCH3 is 1. The third-order valence-electron chi connectivity index (χ3n) is 3.72. The van der Waals surface area contributed by atoms with Crippen LogP contribution in [0.4, 0.5) is 10.8 Å². The van der Waals surface area contributed by atoms with Gasteiger partial charge in [-0.05, 0) is 18.2 Å². The van der Waals surface area contributed by atoms with Crippen molar-refractivity contribution >= 4 is 33.2 Å². The molecule has 0 unspecified atom stereocenters. The van der Waals surface area contributed by atoms with Crippen molar-refractivity contribution in [2.45, 2.75) is 0 Å². The zero-order valence-electron chi connectivity index (χ0n) is 13.2. The van der Waals surface area contributed by atoms with Gasteiger partial charge in [0.25, 0.3) is 0 Å². The van der Waals surface area contributed by atoms with E-state index >= 15 is 0 Å². The van der Waals surface area contributed by atoms with Gasteiger partial charge in [-0.2, -0.15) is 0 Å². The normalized spacial score (nSPS) is 10.9. The topological polar surface area (TPSA) is 64.9 Å². The second-order valence-corrected chi connectivity index (χ2v) is 6.09. The molecule has 3 aromatic heterocycles. The van der Waals surface area contributed by atoms with Crippen LogP contribution in [0.1, 0.15) is 0 Å². The average molecular weight is 337 g/mol. The maximum Gasteiger partial charge on any atom is 0.213 e. The molecule has 7 heteroatoms. The molecule has 4 aromatic rings. The van der Waals surface area contributed by atoms with Crippen LogP contribution in [0.15, 0.2) is 48.0 Å². The molecule has 1 aromatic carbocycles. The number of hydrogen-bond donors (Lipinski definition) is 1. The number of ether oxygens (including phenoxy) is 1. The van der Waals surface area contributed by atoms with Gasteiger partial charge in [0.15, 0.2) is 11.0 Å². The fourth-order valence-electron chi connectivity index (χ4n) is 2.51. The Hall–Kier alpha value is -2.93. The van der Waals surface area contributed by atoms with Gasteiger partial charge in [0.05, 0.1) is 30.0 Å². The van der Waals surface area contributed by atoms with E-state index in [1.807, 2.05) is 42.8 Å². The minimum atomic E-state index is 0.583. The second-order valence-electron chi connectivity index (χ2n) is 5.24. The van der Waals surface area contributed by atoms with Crippen molar-refractivity contribution in [2.24, 2.45) is 7.05 Å². The lowest BCUT2D eigenvalue weighted by Gasteiger charge is -2.03. The predicted octanol–water partition coefficient (Wildman–Crippen LogP) is 3.84. The molecule has 120 valence electrons. The van der Waals surface area contributed by atoms with Crippen LogP contribution < -0.4 is 10.1 Å². The molecule has 0 saturated carbocycles. The van der Waals surface area contributed by atoms with E-state index in [1.165, 1.54) is 11.3 Å². The van der Waals surface area contributed by atoms with Crippen molar-refractivity contribution in [3.63, 3.8) is 0 Å². The number of benzene rings is 1. The molecule has 0 fully saturated rings. The lowest BCUT2D eigenvalue weighted by atomic mass is 10.3. The van der Waals surface area contributed by atoms with Gasteiger partial charge in [-0.3, -0.25) is 0 Å². The maximum absolute atomic E-state index is 5.06. The van der Waals surface area contributed by atoms with Gasteiger partial charge in [-0.15, -0.1) is 11.3 Å². The van der Waals surface area contributed by atoms with Crippen LogP contribution in [-0.2, 0) is 7.05 Å². The van der Waals surface area contributed by atoms with E-state index in [4.69, 9.17) is 4.74 Å².